The summed E-state index contributed by atoms with van der Waals surface area (Å²) in [5, 5.41) is 2.75. The normalized spacial score (nSPS) is 14.1. The Kier molecular flexibility index (Phi) is 5.81. The zero-order valence-electron chi connectivity index (χ0n) is 15.8. The Bertz CT molecular complexity index is 983. The van der Waals surface area contributed by atoms with E-state index < -0.39 is 5.97 Å². The Hall–Kier alpha value is -2.85. The summed E-state index contributed by atoms with van der Waals surface area (Å²) in [6.45, 7) is 3.86. The lowest BCUT2D eigenvalue weighted by molar-refractivity contribution is -0.134. The molecule has 0 N–H and O–H groups in total. The maximum Gasteiger partial charge on any atom is 0.350 e. The fourth-order valence-corrected chi connectivity index (χ4v) is 4.74. The van der Waals surface area contributed by atoms with E-state index in [4.69, 9.17) is 4.74 Å². The van der Waals surface area contributed by atoms with Gasteiger partial charge in [0, 0.05) is 38.6 Å². The number of nitrogens with zero attached hydrogens (tertiary/aromatic N) is 5. The molecule has 0 saturated carbocycles. The molecule has 3 aromatic rings. The maximum atomic E-state index is 12.4. The number of carbonyl (C=O) groups is 2. The number of piperazine rings is 1. The van der Waals surface area contributed by atoms with Gasteiger partial charge in [-0.1, -0.05) is 6.07 Å². The van der Waals surface area contributed by atoms with Gasteiger partial charge in [0.25, 0.3) is 5.91 Å². The fraction of sp³-hybridized carbons (Fsp3) is 0.316. The van der Waals surface area contributed by atoms with Gasteiger partial charge in [0.1, 0.15) is 9.88 Å². The van der Waals surface area contributed by atoms with Crippen molar-refractivity contribution in [3.63, 3.8) is 0 Å². The number of aromatic nitrogens is 3. The molecule has 8 nitrogen and oxygen atoms in total. The largest absolute Gasteiger partial charge is 0.451 e. The Morgan fingerprint density at radius 2 is 1.90 bits per heavy atom. The number of amides is 1. The first kappa shape index (κ1) is 19.5. The van der Waals surface area contributed by atoms with Gasteiger partial charge >= 0.3 is 5.97 Å². The van der Waals surface area contributed by atoms with Crippen molar-refractivity contribution < 1.29 is 14.3 Å². The molecule has 4 rings (SSSR count). The van der Waals surface area contributed by atoms with Crippen LogP contribution < -0.4 is 4.90 Å². The molecule has 29 heavy (non-hydrogen) atoms. The van der Waals surface area contributed by atoms with Gasteiger partial charge in [-0.05, 0) is 24.4 Å². The predicted octanol–water partition coefficient (Wildman–Crippen LogP) is 2.48. The van der Waals surface area contributed by atoms with E-state index in [1.54, 1.807) is 41.6 Å². The van der Waals surface area contributed by atoms with Crippen LogP contribution in [0.5, 0.6) is 0 Å². The highest BCUT2D eigenvalue weighted by atomic mass is 32.1. The third kappa shape index (κ3) is 4.43. The Balaban J connectivity index is 1.29. The quantitative estimate of drug-likeness (QED) is 0.576. The standard InChI is InChI=1S/C19H19N5O3S2/c1-13-16(29-17(22-13)14-4-2-11-28-14)18(26)27-12-15(25)23-7-9-24(10-8-23)19-20-5-3-6-21-19/h2-6,11H,7-10,12H2,1H3. The first-order valence-corrected chi connectivity index (χ1v) is 10.8. The van der Waals surface area contributed by atoms with Crippen molar-refractivity contribution in [2.24, 2.45) is 0 Å². The Morgan fingerprint density at radius 3 is 2.59 bits per heavy atom. The van der Waals surface area contributed by atoms with Gasteiger partial charge < -0.3 is 14.5 Å². The minimum absolute atomic E-state index is 0.201. The van der Waals surface area contributed by atoms with E-state index in [0.717, 1.165) is 9.88 Å². The van der Waals surface area contributed by atoms with Crippen LogP contribution in [0.15, 0.2) is 36.0 Å². The number of esters is 1. The van der Waals surface area contributed by atoms with Gasteiger partial charge in [-0.2, -0.15) is 0 Å². The third-order valence-electron chi connectivity index (χ3n) is 4.51. The number of thiophene rings is 1. The first-order valence-electron chi connectivity index (χ1n) is 9.10. The molecule has 1 amide bonds. The van der Waals surface area contributed by atoms with Crippen molar-refractivity contribution in [1.29, 1.82) is 0 Å². The number of ether oxygens (including phenoxy) is 1. The molecule has 1 aliphatic rings. The lowest BCUT2D eigenvalue weighted by atomic mass is 10.3. The van der Waals surface area contributed by atoms with E-state index in [9.17, 15) is 9.59 Å². The number of thiazole rings is 1. The van der Waals surface area contributed by atoms with E-state index >= 15 is 0 Å². The van der Waals surface area contributed by atoms with Crippen molar-refractivity contribution in [1.82, 2.24) is 19.9 Å². The van der Waals surface area contributed by atoms with Crippen molar-refractivity contribution in [2.75, 3.05) is 37.7 Å². The van der Waals surface area contributed by atoms with Crippen molar-refractivity contribution in [3.8, 4) is 9.88 Å². The van der Waals surface area contributed by atoms with E-state index in [1.807, 2.05) is 22.4 Å². The van der Waals surface area contributed by atoms with Crippen LogP contribution in [0.2, 0.25) is 0 Å². The number of rotatable bonds is 5. The van der Waals surface area contributed by atoms with Crippen LogP contribution in [0, 0.1) is 6.92 Å². The topological polar surface area (TPSA) is 88.5 Å². The van der Waals surface area contributed by atoms with Gasteiger partial charge in [0.2, 0.25) is 5.95 Å². The van der Waals surface area contributed by atoms with Crippen LogP contribution in [-0.2, 0) is 9.53 Å². The van der Waals surface area contributed by atoms with Crippen LogP contribution in [0.25, 0.3) is 9.88 Å². The summed E-state index contributed by atoms with van der Waals surface area (Å²) in [4.78, 5) is 43.0. The highest BCUT2D eigenvalue weighted by Crippen LogP contribution is 2.31. The van der Waals surface area contributed by atoms with Gasteiger partial charge in [0.05, 0.1) is 10.6 Å². The molecular weight excluding hydrogens is 410 g/mol. The van der Waals surface area contributed by atoms with E-state index in [1.165, 1.54) is 11.3 Å². The van der Waals surface area contributed by atoms with Crippen LogP contribution in [0.1, 0.15) is 15.4 Å². The van der Waals surface area contributed by atoms with Gasteiger partial charge in [-0.3, -0.25) is 4.79 Å². The molecule has 1 saturated heterocycles. The van der Waals surface area contributed by atoms with Gasteiger partial charge in [0.15, 0.2) is 6.61 Å². The van der Waals surface area contributed by atoms with E-state index in [2.05, 4.69) is 15.0 Å². The zero-order valence-corrected chi connectivity index (χ0v) is 17.4. The van der Waals surface area contributed by atoms with Crippen molar-refractivity contribution in [2.45, 2.75) is 6.92 Å². The van der Waals surface area contributed by atoms with Crippen LogP contribution >= 0.6 is 22.7 Å². The average molecular weight is 430 g/mol. The monoisotopic (exact) mass is 429 g/mol. The number of carbonyl (C=O) groups excluding carboxylic acids is 2. The molecule has 0 aromatic carbocycles. The molecule has 0 bridgehead atoms. The van der Waals surface area contributed by atoms with Crippen LogP contribution in [0.4, 0.5) is 5.95 Å². The number of aryl methyl sites for hydroxylation is 1. The summed E-state index contributed by atoms with van der Waals surface area (Å²) in [5.74, 6) is -0.0478. The molecule has 150 valence electrons. The summed E-state index contributed by atoms with van der Waals surface area (Å²) < 4.78 is 5.27. The van der Waals surface area contributed by atoms with Crippen molar-refractivity contribution >= 4 is 40.5 Å². The number of anilines is 1. The van der Waals surface area contributed by atoms with E-state index in [-0.39, 0.29) is 12.5 Å². The Labute approximate surface area is 175 Å². The molecule has 0 radical (unpaired) electrons. The second-order valence-electron chi connectivity index (χ2n) is 6.40. The van der Waals surface area contributed by atoms with Crippen LogP contribution in [0.3, 0.4) is 0 Å². The second kappa shape index (κ2) is 8.66. The fourth-order valence-electron chi connectivity index (χ4n) is 2.99. The molecule has 1 aliphatic heterocycles. The maximum absolute atomic E-state index is 12.4. The summed E-state index contributed by atoms with van der Waals surface area (Å²) in [5.41, 5.74) is 0.618. The molecule has 10 heteroatoms. The summed E-state index contributed by atoms with van der Waals surface area (Å²) in [6.07, 6.45) is 3.40. The van der Waals surface area contributed by atoms with E-state index in [0.29, 0.717) is 42.7 Å². The highest BCUT2D eigenvalue weighted by Gasteiger charge is 2.24. The number of hydrogen-bond donors (Lipinski definition) is 0. The number of hydrogen-bond acceptors (Lipinski definition) is 9. The van der Waals surface area contributed by atoms with Crippen molar-refractivity contribution in [3.05, 3.63) is 46.5 Å². The minimum atomic E-state index is -0.507. The summed E-state index contributed by atoms with van der Waals surface area (Å²) in [7, 11) is 0. The van der Waals surface area contributed by atoms with Gasteiger partial charge in [-0.15, -0.1) is 22.7 Å². The average Bonchev–Trinajstić information content (AvgIpc) is 3.42. The SMILES string of the molecule is Cc1nc(-c2cccs2)sc1C(=O)OCC(=O)N1CCN(c2ncccn2)CC1. The lowest BCUT2D eigenvalue weighted by Crippen LogP contribution is -2.50. The molecule has 3 aromatic heterocycles. The molecule has 0 unspecified atom stereocenters. The Morgan fingerprint density at radius 1 is 1.14 bits per heavy atom. The molecule has 1 fully saturated rings. The van der Waals surface area contributed by atoms with Gasteiger partial charge in [-0.25, -0.2) is 19.7 Å². The lowest BCUT2D eigenvalue weighted by Gasteiger charge is -2.34. The zero-order chi connectivity index (χ0) is 20.2. The minimum Gasteiger partial charge on any atom is -0.451 e. The smallest absolute Gasteiger partial charge is 0.350 e. The van der Waals surface area contributed by atoms with Crippen LogP contribution in [-0.4, -0.2) is 64.5 Å². The molecule has 0 aliphatic carbocycles. The summed E-state index contributed by atoms with van der Waals surface area (Å²) >= 11 is 2.86. The highest BCUT2D eigenvalue weighted by molar-refractivity contribution is 7.22. The second-order valence-corrected chi connectivity index (χ2v) is 8.35. The molecular formula is C19H19N5O3S2. The predicted molar refractivity (Wildman–Crippen MR) is 111 cm³/mol. The third-order valence-corrected chi connectivity index (χ3v) is 6.68. The first-order chi connectivity index (χ1) is 14.1. The summed E-state index contributed by atoms with van der Waals surface area (Å²) in [6, 6.07) is 5.67. The molecule has 0 spiro atoms. The molecule has 4 heterocycles. The molecule has 0 atom stereocenters.